The van der Waals surface area contributed by atoms with Gasteiger partial charge in [0.15, 0.2) is 0 Å². The zero-order chi connectivity index (χ0) is 15.8. The average molecular weight is 475 g/mol. The predicted molar refractivity (Wildman–Crippen MR) is 93.5 cm³/mol. The molecule has 0 unspecified atom stereocenters. The minimum absolute atomic E-state index is 0.0634. The van der Waals surface area contributed by atoms with E-state index in [-0.39, 0.29) is 30.8 Å². The maximum atomic E-state index is 12.4. The van der Waals surface area contributed by atoms with Crippen molar-refractivity contribution in [3.05, 3.63) is 49.3 Å². The fraction of sp³-hybridized carbons (Fsp3) is 0. The molecule has 0 aliphatic carbocycles. The number of nitrogen functional groups attached to an aromatic ring is 1. The maximum absolute atomic E-state index is 12.4. The first kappa shape index (κ1) is 16.9. The molecule has 3 N–H and O–H groups in total. The Bertz CT molecular complexity index is 813. The summed E-state index contributed by atoms with van der Waals surface area (Å²) in [5.74, 6) is 0. The molecule has 0 spiro atoms. The summed E-state index contributed by atoms with van der Waals surface area (Å²) >= 11 is 18.3. The summed E-state index contributed by atoms with van der Waals surface area (Å²) in [5, 5.41) is 0.483. The van der Waals surface area contributed by atoms with E-state index < -0.39 is 10.0 Å². The van der Waals surface area contributed by atoms with E-state index in [0.717, 1.165) is 4.47 Å². The number of hydrogen-bond acceptors (Lipinski definition) is 3. The molecule has 0 aliphatic rings. The SMILES string of the molecule is Nc1cc(Cl)cc(S(=O)(=O)Nc2ccc(Br)cc2Cl)c1Br. The molecule has 0 aromatic heterocycles. The minimum Gasteiger partial charge on any atom is -0.398 e. The summed E-state index contributed by atoms with van der Waals surface area (Å²) in [6.45, 7) is 0. The van der Waals surface area contributed by atoms with Gasteiger partial charge in [-0.3, -0.25) is 4.72 Å². The summed E-state index contributed by atoms with van der Waals surface area (Å²) in [7, 11) is -3.89. The second-order valence-corrected chi connectivity index (χ2v) is 8.24. The molecule has 112 valence electrons. The first-order chi connectivity index (χ1) is 9.70. The Morgan fingerprint density at radius 2 is 1.76 bits per heavy atom. The molecular formula is C12H8Br2Cl2N2O2S. The van der Waals surface area contributed by atoms with Crippen molar-refractivity contribution >= 4 is 76.5 Å². The molecule has 0 saturated heterocycles. The Balaban J connectivity index is 2.48. The van der Waals surface area contributed by atoms with Crippen LogP contribution in [0.5, 0.6) is 0 Å². The third kappa shape index (κ3) is 3.84. The molecule has 0 bridgehead atoms. The Kier molecular flexibility index (Phi) is 5.10. The first-order valence-electron chi connectivity index (χ1n) is 5.43. The van der Waals surface area contributed by atoms with E-state index in [1.54, 1.807) is 18.2 Å². The van der Waals surface area contributed by atoms with Crippen LogP contribution in [0.15, 0.2) is 44.2 Å². The van der Waals surface area contributed by atoms with E-state index in [9.17, 15) is 8.42 Å². The quantitative estimate of drug-likeness (QED) is 0.621. The van der Waals surface area contributed by atoms with Crippen LogP contribution in [0.4, 0.5) is 11.4 Å². The van der Waals surface area contributed by atoms with Crippen LogP contribution >= 0.6 is 55.1 Å². The molecule has 2 aromatic carbocycles. The van der Waals surface area contributed by atoms with Gasteiger partial charge in [0.1, 0.15) is 4.90 Å². The third-order valence-corrected chi connectivity index (χ3v) is 6.06. The summed E-state index contributed by atoms with van der Waals surface area (Å²) in [4.78, 5) is -0.0634. The van der Waals surface area contributed by atoms with Gasteiger partial charge >= 0.3 is 0 Å². The van der Waals surface area contributed by atoms with Crippen molar-refractivity contribution in [1.29, 1.82) is 0 Å². The fourth-order valence-electron chi connectivity index (χ4n) is 1.55. The van der Waals surface area contributed by atoms with E-state index in [1.807, 2.05) is 0 Å². The lowest BCUT2D eigenvalue weighted by atomic mass is 10.3. The molecule has 0 heterocycles. The average Bonchev–Trinajstić information content (AvgIpc) is 2.37. The van der Waals surface area contributed by atoms with Gasteiger partial charge in [-0.2, -0.15) is 0 Å². The molecule has 0 fully saturated rings. The van der Waals surface area contributed by atoms with Crippen LogP contribution in [0.3, 0.4) is 0 Å². The second kappa shape index (κ2) is 6.34. The van der Waals surface area contributed by atoms with Crippen molar-refractivity contribution in [3.8, 4) is 0 Å². The molecular weight excluding hydrogens is 467 g/mol. The van der Waals surface area contributed by atoms with Crippen LogP contribution in [0.25, 0.3) is 0 Å². The number of benzene rings is 2. The lowest BCUT2D eigenvalue weighted by Gasteiger charge is -2.12. The van der Waals surface area contributed by atoms with E-state index in [0.29, 0.717) is 0 Å². The van der Waals surface area contributed by atoms with Gasteiger partial charge in [-0.25, -0.2) is 8.42 Å². The Morgan fingerprint density at radius 3 is 2.38 bits per heavy atom. The normalized spacial score (nSPS) is 11.4. The van der Waals surface area contributed by atoms with Crippen molar-refractivity contribution in [2.45, 2.75) is 4.90 Å². The standard InChI is InChI=1S/C12H8Br2Cl2N2O2S/c13-6-1-2-10(8(16)3-6)18-21(19,20)11-5-7(15)4-9(17)12(11)14/h1-5,18H,17H2. The highest BCUT2D eigenvalue weighted by atomic mass is 79.9. The van der Waals surface area contributed by atoms with Gasteiger partial charge in [-0.1, -0.05) is 39.1 Å². The van der Waals surface area contributed by atoms with Crippen LogP contribution < -0.4 is 10.5 Å². The first-order valence-corrected chi connectivity index (χ1v) is 9.25. The molecule has 0 radical (unpaired) electrons. The van der Waals surface area contributed by atoms with Crippen LogP contribution in [-0.4, -0.2) is 8.42 Å². The summed E-state index contributed by atoms with van der Waals surface area (Å²) in [5.41, 5.74) is 6.19. The summed E-state index contributed by atoms with van der Waals surface area (Å²) < 4.78 is 28.3. The lowest BCUT2D eigenvalue weighted by molar-refractivity contribution is 0.601. The van der Waals surface area contributed by atoms with Crippen LogP contribution in [0, 0.1) is 0 Å². The lowest BCUT2D eigenvalue weighted by Crippen LogP contribution is -2.14. The number of halogens is 4. The van der Waals surface area contributed by atoms with Crippen LogP contribution in [0.1, 0.15) is 0 Å². The number of nitrogens with two attached hydrogens (primary N) is 1. The van der Waals surface area contributed by atoms with Gasteiger partial charge in [-0.05, 0) is 46.3 Å². The van der Waals surface area contributed by atoms with Gasteiger partial charge in [0.05, 0.1) is 15.2 Å². The number of nitrogens with one attached hydrogen (secondary N) is 1. The molecule has 0 atom stereocenters. The van der Waals surface area contributed by atoms with Crippen molar-refractivity contribution in [2.24, 2.45) is 0 Å². The van der Waals surface area contributed by atoms with Gasteiger partial charge in [0, 0.05) is 15.2 Å². The zero-order valence-electron chi connectivity index (χ0n) is 10.2. The Morgan fingerprint density at radius 1 is 1.10 bits per heavy atom. The van der Waals surface area contributed by atoms with E-state index >= 15 is 0 Å². The minimum atomic E-state index is -3.89. The van der Waals surface area contributed by atoms with Crippen molar-refractivity contribution in [1.82, 2.24) is 0 Å². The molecule has 0 aliphatic heterocycles. The van der Waals surface area contributed by atoms with Crippen LogP contribution in [-0.2, 0) is 10.0 Å². The van der Waals surface area contributed by atoms with Crippen molar-refractivity contribution in [2.75, 3.05) is 10.5 Å². The monoisotopic (exact) mass is 472 g/mol. The fourth-order valence-corrected chi connectivity index (χ4v) is 4.70. The molecule has 4 nitrogen and oxygen atoms in total. The smallest absolute Gasteiger partial charge is 0.263 e. The number of rotatable bonds is 3. The zero-order valence-corrected chi connectivity index (χ0v) is 15.7. The molecule has 9 heteroatoms. The number of sulfonamides is 1. The molecule has 0 saturated carbocycles. The molecule has 2 rings (SSSR count). The largest absolute Gasteiger partial charge is 0.398 e. The molecule has 21 heavy (non-hydrogen) atoms. The highest BCUT2D eigenvalue weighted by molar-refractivity contribution is 9.10. The second-order valence-electron chi connectivity index (χ2n) is 4.04. The van der Waals surface area contributed by atoms with E-state index in [2.05, 4.69) is 36.6 Å². The maximum Gasteiger partial charge on any atom is 0.263 e. The Hall–Kier alpha value is -0.470. The molecule has 0 amide bonds. The van der Waals surface area contributed by atoms with Crippen LogP contribution in [0.2, 0.25) is 10.0 Å². The summed E-state index contributed by atoms with van der Waals surface area (Å²) in [6, 6.07) is 7.56. The predicted octanol–water partition coefficient (Wildman–Crippen LogP) is 4.90. The Labute approximate surface area is 148 Å². The molecule has 2 aromatic rings. The third-order valence-electron chi connectivity index (χ3n) is 2.50. The number of hydrogen-bond donors (Lipinski definition) is 2. The number of anilines is 2. The van der Waals surface area contributed by atoms with E-state index in [4.69, 9.17) is 28.9 Å². The van der Waals surface area contributed by atoms with E-state index in [1.165, 1.54) is 12.1 Å². The highest BCUT2D eigenvalue weighted by Gasteiger charge is 2.21. The van der Waals surface area contributed by atoms with Crippen molar-refractivity contribution in [3.63, 3.8) is 0 Å². The van der Waals surface area contributed by atoms with Gasteiger partial charge < -0.3 is 5.73 Å². The highest BCUT2D eigenvalue weighted by Crippen LogP contribution is 2.34. The topological polar surface area (TPSA) is 72.2 Å². The van der Waals surface area contributed by atoms with Gasteiger partial charge in [-0.15, -0.1) is 0 Å². The summed E-state index contributed by atoms with van der Waals surface area (Å²) in [6.07, 6.45) is 0. The van der Waals surface area contributed by atoms with Gasteiger partial charge in [0.2, 0.25) is 0 Å². The van der Waals surface area contributed by atoms with Crippen molar-refractivity contribution < 1.29 is 8.42 Å². The van der Waals surface area contributed by atoms with Gasteiger partial charge in [0.25, 0.3) is 10.0 Å².